The van der Waals surface area contributed by atoms with Crippen LogP contribution in [-0.4, -0.2) is 51.3 Å². The lowest BCUT2D eigenvalue weighted by Gasteiger charge is -2.19. The van der Waals surface area contributed by atoms with Gasteiger partial charge in [-0.15, -0.1) is 0 Å². The summed E-state index contributed by atoms with van der Waals surface area (Å²) in [4.78, 5) is 36.1. The number of aryl methyl sites for hydroxylation is 2. The molecule has 0 saturated heterocycles. The second kappa shape index (κ2) is 13.1. The Balaban J connectivity index is 1.64. The molecule has 222 valence electrons. The molecule has 9 heteroatoms. The van der Waals surface area contributed by atoms with Crippen LogP contribution in [-0.2, 0) is 24.1 Å². The highest BCUT2D eigenvalue weighted by atomic mass is 16.7. The molecular formula is C33H41N5O4. The fraction of sp³-hybridized carbons (Fsp3) is 0.394. The third-order valence-electron chi connectivity index (χ3n) is 6.69. The van der Waals surface area contributed by atoms with Gasteiger partial charge in [-0.25, -0.2) is 19.6 Å². The van der Waals surface area contributed by atoms with Gasteiger partial charge in [0.25, 0.3) is 0 Å². The summed E-state index contributed by atoms with van der Waals surface area (Å²) in [7, 11) is 3.42. The Hall–Kier alpha value is -4.40. The molecule has 0 bridgehead atoms. The van der Waals surface area contributed by atoms with Crippen molar-refractivity contribution < 1.29 is 19.1 Å². The number of imidazole rings is 1. The van der Waals surface area contributed by atoms with Crippen molar-refractivity contribution in [2.45, 2.75) is 72.4 Å². The highest BCUT2D eigenvalue weighted by molar-refractivity contribution is 5.92. The second-order valence-electron chi connectivity index (χ2n) is 11.5. The average Bonchev–Trinajstić information content (AvgIpc) is 3.26. The maximum absolute atomic E-state index is 12.4. The van der Waals surface area contributed by atoms with E-state index < -0.39 is 11.8 Å². The minimum atomic E-state index is -0.735. The van der Waals surface area contributed by atoms with Crippen LogP contribution in [0.3, 0.4) is 0 Å². The third-order valence-corrected chi connectivity index (χ3v) is 6.69. The highest BCUT2D eigenvalue weighted by Crippen LogP contribution is 2.31. The first kappa shape index (κ1) is 30.6. The van der Waals surface area contributed by atoms with Crippen LogP contribution in [0, 0.1) is 0 Å². The van der Waals surface area contributed by atoms with Gasteiger partial charge in [0.2, 0.25) is 0 Å². The van der Waals surface area contributed by atoms with Gasteiger partial charge in [0.15, 0.2) is 5.65 Å². The molecule has 0 radical (unpaired) electrons. The summed E-state index contributed by atoms with van der Waals surface area (Å²) in [6.07, 6.45) is 2.85. The SMILES string of the molecule is CCCCc1nc2cc(NC(=O)N(C)C)c(CC)nc2n1Cc1ccc(-c2ccccc2OC(=O)OC(C)(C)C)cc1. The Morgan fingerprint density at radius 2 is 1.71 bits per heavy atom. The number of ether oxygens (including phenoxy) is 2. The summed E-state index contributed by atoms with van der Waals surface area (Å²) < 4.78 is 13.1. The number of rotatable bonds is 9. The lowest BCUT2D eigenvalue weighted by atomic mass is 10.0. The van der Waals surface area contributed by atoms with Crippen LogP contribution in [0.5, 0.6) is 5.75 Å². The monoisotopic (exact) mass is 571 g/mol. The third kappa shape index (κ3) is 7.46. The molecule has 0 aliphatic rings. The minimum absolute atomic E-state index is 0.199. The molecule has 1 N–H and O–H groups in total. The number of pyridine rings is 1. The van der Waals surface area contributed by atoms with Crippen LogP contribution in [0.1, 0.15) is 64.5 Å². The Kier molecular flexibility index (Phi) is 9.50. The normalized spacial score (nSPS) is 11.4. The molecule has 0 aliphatic carbocycles. The Labute approximate surface area is 247 Å². The van der Waals surface area contributed by atoms with Gasteiger partial charge in [-0.1, -0.05) is 62.7 Å². The lowest BCUT2D eigenvalue weighted by molar-refractivity contribution is 0.0207. The number of unbranched alkanes of at least 4 members (excludes halogenated alkanes) is 1. The molecule has 0 saturated carbocycles. The van der Waals surface area contributed by atoms with Crippen molar-refractivity contribution in [3.05, 3.63) is 71.7 Å². The molecule has 0 unspecified atom stereocenters. The molecular weight excluding hydrogens is 530 g/mol. The number of nitrogens with zero attached hydrogens (tertiary/aromatic N) is 4. The number of nitrogens with one attached hydrogen (secondary N) is 1. The minimum Gasteiger partial charge on any atom is -0.428 e. The van der Waals surface area contributed by atoms with Crippen LogP contribution in [0.25, 0.3) is 22.3 Å². The number of benzene rings is 2. The van der Waals surface area contributed by atoms with E-state index in [1.54, 1.807) is 40.9 Å². The number of urea groups is 1. The van der Waals surface area contributed by atoms with Crippen molar-refractivity contribution in [1.82, 2.24) is 19.4 Å². The van der Waals surface area contributed by atoms with Gasteiger partial charge in [0.05, 0.1) is 17.9 Å². The van der Waals surface area contributed by atoms with Gasteiger partial charge >= 0.3 is 12.2 Å². The van der Waals surface area contributed by atoms with E-state index in [-0.39, 0.29) is 6.03 Å². The molecule has 2 aromatic heterocycles. The summed E-state index contributed by atoms with van der Waals surface area (Å²) >= 11 is 0. The van der Waals surface area contributed by atoms with E-state index in [1.165, 1.54) is 4.90 Å². The van der Waals surface area contributed by atoms with Gasteiger partial charge in [0, 0.05) is 26.1 Å². The molecule has 0 atom stereocenters. The van der Waals surface area contributed by atoms with Crippen LogP contribution in [0.2, 0.25) is 0 Å². The summed E-state index contributed by atoms with van der Waals surface area (Å²) in [5, 5.41) is 2.96. The topological polar surface area (TPSA) is 98.6 Å². The van der Waals surface area contributed by atoms with E-state index in [0.717, 1.165) is 58.6 Å². The molecule has 0 fully saturated rings. The molecule has 2 amide bonds. The number of anilines is 1. The van der Waals surface area contributed by atoms with Gasteiger partial charge in [-0.2, -0.15) is 0 Å². The number of aromatic nitrogens is 3. The number of amides is 2. The quantitative estimate of drug-likeness (QED) is 0.165. The lowest BCUT2D eigenvalue weighted by Crippen LogP contribution is -2.28. The van der Waals surface area contributed by atoms with Gasteiger partial charge < -0.3 is 24.3 Å². The first-order chi connectivity index (χ1) is 20.0. The van der Waals surface area contributed by atoms with Gasteiger partial charge in [-0.3, -0.25) is 0 Å². The van der Waals surface area contributed by atoms with Gasteiger partial charge in [0.1, 0.15) is 22.7 Å². The molecule has 2 heterocycles. The van der Waals surface area contributed by atoms with Crippen LogP contribution >= 0.6 is 0 Å². The number of hydrogen-bond acceptors (Lipinski definition) is 6. The number of hydrogen-bond donors (Lipinski definition) is 1. The van der Waals surface area contributed by atoms with E-state index in [9.17, 15) is 9.59 Å². The second-order valence-corrected chi connectivity index (χ2v) is 11.5. The summed E-state index contributed by atoms with van der Waals surface area (Å²) in [5.41, 5.74) is 5.24. The van der Waals surface area contributed by atoms with Crippen molar-refractivity contribution in [3.8, 4) is 16.9 Å². The van der Waals surface area contributed by atoms with Crippen molar-refractivity contribution in [2.24, 2.45) is 0 Å². The first-order valence-electron chi connectivity index (χ1n) is 14.5. The average molecular weight is 572 g/mol. The summed E-state index contributed by atoms with van der Waals surface area (Å²) in [5.74, 6) is 1.41. The van der Waals surface area contributed by atoms with E-state index in [1.807, 2.05) is 43.3 Å². The zero-order valence-electron chi connectivity index (χ0n) is 25.7. The Bertz CT molecular complexity index is 1550. The maximum atomic E-state index is 12.4. The first-order valence-corrected chi connectivity index (χ1v) is 14.5. The predicted octanol–water partition coefficient (Wildman–Crippen LogP) is 7.46. The molecule has 4 rings (SSSR count). The van der Waals surface area contributed by atoms with E-state index in [2.05, 4.69) is 28.9 Å². The van der Waals surface area contributed by atoms with E-state index in [0.29, 0.717) is 24.4 Å². The molecule has 0 spiro atoms. The molecule has 0 aliphatic heterocycles. The standard InChI is InChI=1S/C33H41N5O4/c1-8-10-15-29-34-27-20-26(36-31(39)37(6)7)25(9-2)35-30(27)38(29)21-22-16-18-23(19-17-22)24-13-11-12-14-28(24)41-32(40)42-33(3,4)5/h11-14,16-20H,8-10,15,21H2,1-7H3,(H,36,39). The highest BCUT2D eigenvalue weighted by Gasteiger charge is 2.20. The Morgan fingerprint density at radius 1 is 1.00 bits per heavy atom. The molecule has 42 heavy (non-hydrogen) atoms. The summed E-state index contributed by atoms with van der Waals surface area (Å²) in [6.45, 7) is 10.2. The predicted molar refractivity (Wildman–Crippen MR) is 166 cm³/mol. The number of carbonyl (C=O) groups excluding carboxylic acids is 2. The van der Waals surface area contributed by atoms with Crippen molar-refractivity contribution in [1.29, 1.82) is 0 Å². The largest absolute Gasteiger partial charge is 0.514 e. The number of carbonyl (C=O) groups is 2. The zero-order valence-corrected chi connectivity index (χ0v) is 25.7. The maximum Gasteiger partial charge on any atom is 0.514 e. The van der Waals surface area contributed by atoms with E-state index in [4.69, 9.17) is 19.4 Å². The van der Waals surface area contributed by atoms with Crippen LogP contribution in [0.15, 0.2) is 54.6 Å². The fourth-order valence-electron chi connectivity index (χ4n) is 4.56. The molecule has 4 aromatic rings. The van der Waals surface area contributed by atoms with Crippen molar-refractivity contribution in [3.63, 3.8) is 0 Å². The van der Waals surface area contributed by atoms with Crippen LogP contribution in [0.4, 0.5) is 15.3 Å². The van der Waals surface area contributed by atoms with Crippen LogP contribution < -0.4 is 10.1 Å². The van der Waals surface area contributed by atoms with Gasteiger partial charge in [-0.05, 0) is 56.9 Å². The van der Waals surface area contributed by atoms with Crippen molar-refractivity contribution >= 4 is 29.0 Å². The molecule has 9 nitrogen and oxygen atoms in total. The molecule has 2 aromatic carbocycles. The summed E-state index contributed by atoms with van der Waals surface area (Å²) in [6, 6.07) is 17.3. The number of fused-ring (bicyclic) bond motifs is 1. The van der Waals surface area contributed by atoms with Crippen molar-refractivity contribution in [2.75, 3.05) is 19.4 Å². The smallest absolute Gasteiger partial charge is 0.428 e. The zero-order chi connectivity index (χ0) is 30.4. The fourth-order valence-corrected chi connectivity index (χ4v) is 4.56. The number of para-hydroxylation sites is 1. The Morgan fingerprint density at radius 3 is 2.36 bits per heavy atom. The van der Waals surface area contributed by atoms with E-state index >= 15 is 0 Å².